The average molecular weight is 226 g/mol. The van der Waals surface area contributed by atoms with Gasteiger partial charge >= 0.3 is 0 Å². The fraction of sp³-hybridized carbons (Fsp3) is 0.923. The molecule has 1 fully saturated rings. The van der Waals surface area contributed by atoms with Crippen LogP contribution in [0.4, 0.5) is 0 Å². The van der Waals surface area contributed by atoms with E-state index >= 15 is 0 Å². The second-order valence-corrected chi connectivity index (χ2v) is 5.74. The van der Waals surface area contributed by atoms with Gasteiger partial charge in [0.05, 0.1) is 6.54 Å². The largest absolute Gasteiger partial charge is 0.342 e. The number of rotatable bonds is 4. The third-order valence-corrected chi connectivity index (χ3v) is 3.68. The lowest BCUT2D eigenvalue weighted by Gasteiger charge is -2.37. The van der Waals surface area contributed by atoms with Crippen molar-refractivity contribution in [3.8, 4) is 0 Å². The first-order chi connectivity index (χ1) is 7.44. The summed E-state index contributed by atoms with van der Waals surface area (Å²) in [5, 5.41) is 3.26. The van der Waals surface area contributed by atoms with Crippen LogP contribution in [0.25, 0.3) is 0 Å². The van der Waals surface area contributed by atoms with Crippen LogP contribution < -0.4 is 5.32 Å². The van der Waals surface area contributed by atoms with E-state index in [1.54, 1.807) is 0 Å². The van der Waals surface area contributed by atoms with Crippen molar-refractivity contribution in [3.63, 3.8) is 0 Å². The Morgan fingerprint density at radius 2 is 1.94 bits per heavy atom. The van der Waals surface area contributed by atoms with E-state index in [-0.39, 0.29) is 5.91 Å². The van der Waals surface area contributed by atoms with Gasteiger partial charge in [-0.15, -0.1) is 0 Å². The SMILES string of the molecule is CCC(C)NCC(=O)N1CCC(C)(C)CC1. The van der Waals surface area contributed by atoms with Crippen LogP contribution in [0, 0.1) is 5.41 Å². The summed E-state index contributed by atoms with van der Waals surface area (Å²) in [5.74, 6) is 0.260. The highest BCUT2D eigenvalue weighted by Crippen LogP contribution is 2.29. The van der Waals surface area contributed by atoms with Gasteiger partial charge in [0, 0.05) is 19.1 Å². The molecule has 0 aliphatic carbocycles. The van der Waals surface area contributed by atoms with E-state index < -0.39 is 0 Å². The van der Waals surface area contributed by atoms with Crippen LogP contribution in [0.15, 0.2) is 0 Å². The van der Waals surface area contributed by atoms with Gasteiger partial charge in [0.2, 0.25) is 5.91 Å². The zero-order chi connectivity index (χ0) is 12.2. The Kier molecular flexibility index (Phi) is 4.78. The van der Waals surface area contributed by atoms with Gasteiger partial charge in [-0.1, -0.05) is 20.8 Å². The minimum atomic E-state index is 0.260. The molecule has 0 saturated carbocycles. The fourth-order valence-electron chi connectivity index (χ4n) is 1.88. The van der Waals surface area contributed by atoms with Gasteiger partial charge in [0.25, 0.3) is 0 Å². The topological polar surface area (TPSA) is 32.3 Å². The van der Waals surface area contributed by atoms with Gasteiger partial charge in [0.15, 0.2) is 0 Å². The molecule has 94 valence electrons. The molecule has 1 unspecified atom stereocenters. The molecule has 0 aromatic carbocycles. The van der Waals surface area contributed by atoms with Crippen molar-refractivity contribution in [1.82, 2.24) is 10.2 Å². The van der Waals surface area contributed by atoms with Crippen molar-refractivity contribution in [2.24, 2.45) is 5.41 Å². The Morgan fingerprint density at radius 1 is 1.38 bits per heavy atom. The predicted molar refractivity (Wildman–Crippen MR) is 67.4 cm³/mol. The van der Waals surface area contributed by atoms with E-state index in [0.717, 1.165) is 32.4 Å². The monoisotopic (exact) mass is 226 g/mol. The van der Waals surface area contributed by atoms with Gasteiger partial charge < -0.3 is 10.2 Å². The Labute approximate surface area is 99.6 Å². The number of hydrogen-bond donors (Lipinski definition) is 1. The minimum Gasteiger partial charge on any atom is -0.342 e. The van der Waals surface area contributed by atoms with E-state index in [0.29, 0.717) is 18.0 Å². The molecule has 0 aromatic rings. The maximum Gasteiger partial charge on any atom is 0.236 e. The summed E-state index contributed by atoms with van der Waals surface area (Å²) in [7, 11) is 0. The summed E-state index contributed by atoms with van der Waals surface area (Å²) in [6.45, 7) is 11.2. The minimum absolute atomic E-state index is 0.260. The zero-order valence-electron chi connectivity index (χ0n) is 11.2. The lowest BCUT2D eigenvalue weighted by Crippen LogP contribution is -2.45. The number of amides is 1. The molecular formula is C13H26N2O. The lowest BCUT2D eigenvalue weighted by atomic mass is 9.83. The molecule has 1 aliphatic rings. The van der Waals surface area contributed by atoms with Gasteiger partial charge in [-0.25, -0.2) is 0 Å². The molecule has 0 spiro atoms. The molecular weight excluding hydrogens is 200 g/mol. The summed E-state index contributed by atoms with van der Waals surface area (Å²) in [6.07, 6.45) is 3.32. The summed E-state index contributed by atoms with van der Waals surface area (Å²) >= 11 is 0. The number of piperidine rings is 1. The fourth-order valence-corrected chi connectivity index (χ4v) is 1.88. The quantitative estimate of drug-likeness (QED) is 0.795. The molecule has 0 bridgehead atoms. The molecule has 16 heavy (non-hydrogen) atoms. The molecule has 0 aromatic heterocycles. The van der Waals surface area contributed by atoms with Crippen molar-refractivity contribution >= 4 is 5.91 Å². The van der Waals surface area contributed by atoms with Crippen LogP contribution in [0.2, 0.25) is 0 Å². The van der Waals surface area contributed by atoms with E-state index in [9.17, 15) is 4.79 Å². The Balaban J connectivity index is 2.28. The van der Waals surface area contributed by atoms with E-state index in [1.165, 1.54) is 0 Å². The first-order valence-electron chi connectivity index (χ1n) is 6.46. The maximum atomic E-state index is 11.9. The molecule has 1 atom stereocenters. The molecule has 0 radical (unpaired) electrons. The number of likely N-dealkylation sites (tertiary alicyclic amines) is 1. The number of nitrogens with zero attached hydrogens (tertiary/aromatic N) is 1. The summed E-state index contributed by atoms with van der Waals surface area (Å²) < 4.78 is 0. The normalized spacial score (nSPS) is 21.9. The number of carbonyl (C=O) groups is 1. The average Bonchev–Trinajstić information content (AvgIpc) is 2.25. The van der Waals surface area contributed by atoms with Crippen molar-refractivity contribution in [2.45, 2.75) is 53.0 Å². The number of hydrogen-bond acceptors (Lipinski definition) is 2. The first-order valence-corrected chi connectivity index (χ1v) is 6.46. The Hall–Kier alpha value is -0.570. The maximum absolute atomic E-state index is 11.9. The molecule has 1 aliphatic heterocycles. The van der Waals surface area contributed by atoms with E-state index in [1.807, 2.05) is 4.90 Å². The van der Waals surface area contributed by atoms with Crippen molar-refractivity contribution in [2.75, 3.05) is 19.6 Å². The summed E-state index contributed by atoms with van der Waals surface area (Å²) in [4.78, 5) is 13.9. The molecule has 1 N–H and O–H groups in total. The molecule has 3 heteroatoms. The standard InChI is InChI=1S/C13H26N2O/c1-5-11(2)14-10-12(16)15-8-6-13(3,4)7-9-15/h11,14H,5-10H2,1-4H3. The highest BCUT2D eigenvalue weighted by Gasteiger charge is 2.27. The Bertz CT molecular complexity index is 228. The smallest absolute Gasteiger partial charge is 0.236 e. The van der Waals surface area contributed by atoms with Crippen molar-refractivity contribution in [1.29, 1.82) is 0 Å². The Morgan fingerprint density at radius 3 is 2.44 bits per heavy atom. The van der Waals surface area contributed by atoms with E-state index in [4.69, 9.17) is 0 Å². The van der Waals surface area contributed by atoms with Gasteiger partial charge in [-0.05, 0) is 31.6 Å². The van der Waals surface area contributed by atoms with Crippen LogP contribution in [0.5, 0.6) is 0 Å². The van der Waals surface area contributed by atoms with Crippen molar-refractivity contribution < 1.29 is 4.79 Å². The highest BCUT2D eigenvalue weighted by molar-refractivity contribution is 5.78. The number of carbonyl (C=O) groups excluding carboxylic acids is 1. The molecule has 1 saturated heterocycles. The first kappa shape index (κ1) is 13.5. The summed E-state index contributed by atoms with van der Waals surface area (Å²) in [6, 6.07) is 0.435. The molecule has 1 amide bonds. The van der Waals surface area contributed by atoms with Gasteiger partial charge in [0.1, 0.15) is 0 Å². The zero-order valence-corrected chi connectivity index (χ0v) is 11.2. The van der Waals surface area contributed by atoms with Crippen LogP contribution in [-0.4, -0.2) is 36.5 Å². The third-order valence-electron chi connectivity index (χ3n) is 3.68. The van der Waals surface area contributed by atoms with Crippen LogP contribution in [0.3, 0.4) is 0 Å². The van der Waals surface area contributed by atoms with Crippen LogP contribution >= 0.6 is 0 Å². The van der Waals surface area contributed by atoms with Crippen LogP contribution in [0.1, 0.15) is 47.0 Å². The molecule has 1 heterocycles. The highest BCUT2D eigenvalue weighted by atomic mass is 16.2. The van der Waals surface area contributed by atoms with Gasteiger partial charge in [-0.2, -0.15) is 0 Å². The third kappa shape index (κ3) is 4.12. The predicted octanol–water partition coefficient (Wildman–Crippen LogP) is 2.02. The van der Waals surface area contributed by atoms with Gasteiger partial charge in [-0.3, -0.25) is 4.79 Å². The van der Waals surface area contributed by atoms with E-state index in [2.05, 4.69) is 33.0 Å². The van der Waals surface area contributed by atoms with Crippen LogP contribution in [-0.2, 0) is 4.79 Å². The second-order valence-electron chi connectivity index (χ2n) is 5.74. The number of nitrogens with one attached hydrogen (secondary N) is 1. The lowest BCUT2D eigenvalue weighted by molar-refractivity contribution is -0.132. The second kappa shape index (κ2) is 5.67. The molecule has 3 nitrogen and oxygen atoms in total. The van der Waals surface area contributed by atoms with Crippen molar-refractivity contribution in [3.05, 3.63) is 0 Å². The molecule has 1 rings (SSSR count). The summed E-state index contributed by atoms with van der Waals surface area (Å²) in [5.41, 5.74) is 0.418.